The van der Waals surface area contributed by atoms with Gasteiger partial charge in [0.25, 0.3) is 0 Å². The van der Waals surface area contributed by atoms with Crippen molar-refractivity contribution in [2.24, 2.45) is 0 Å². The minimum absolute atomic E-state index is 0.140. The molecule has 2 unspecified atom stereocenters. The van der Waals surface area contributed by atoms with Gasteiger partial charge in [-0.1, -0.05) is 35.4 Å². The van der Waals surface area contributed by atoms with E-state index in [2.05, 4.69) is 72.2 Å². The molecule has 0 radical (unpaired) electrons. The van der Waals surface area contributed by atoms with Crippen LogP contribution in [-0.4, -0.2) is 28.2 Å². The molecule has 0 aliphatic heterocycles. The Kier molecular flexibility index (Phi) is 5.12. The van der Waals surface area contributed by atoms with E-state index >= 15 is 0 Å². The summed E-state index contributed by atoms with van der Waals surface area (Å²) in [6, 6.07) is 17.1. The first-order chi connectivity index (χ1) is 10.4. The number of nitrogens with zero attached hydrogens (tertiary/aromatic N) is 2. The van der Waals surface area contributed by atoms with E-state index in [0.29, 0.717) is 0 Å². The Morgan fingerprint density at radius 1 is 0.591 bits per heavy atom. The van der Waals surface area contributed by atoms with E-state index in [1.165, 1.54) is 22.5 Å². The van der Waals surface area contributed by atoms with Gasteiger partial charge in [0, 0.05) is 39.6 Å². The summed E-state index contributed by atoms with van der Waals surface area (Å²) in [6.07, 6.45) is 0. The molecule has 2 atom stereocenters. The molecule has 2 rings (SSSR count). The molecule has 118 valence electrons. The molecule has 0 aliphatic rings. The summed E-state index contributed by atoms with van der Waals surface area (Å²) in [5.74, 6) is 0.280. The second kappa shape index (κ2) is 6.87. The van der Waals surface area contributed by atoms with E-state index in [4.69, 9.17) is 0 Å². The molecular formula is C20H26N2-2. The van der Waals surface area contributed by atoms with Crippen LogP contribution in [0.3, 0.4) is 0 Å². The van der Waals surface area contributed by atoms with E-state index < -0.39 is 0 Å². The summed E-state index contributed by atoms with van der Waals surface area (Å²) >= 11 is 0. The molecule has 2 heteroatoms. The largest absolute Gasteiger partial charge is 0.378 e. The molecule has 0 aromatic heterocycles. The average Bonchev–Trinajstić information content (AvgIpc) is 2.53. The fourth-order valence-electron chi connectivity index (χ4n) is 2.50. The van der Waals surface area contributed by atoms with E-state index in [-0.39, 0.29) is 11.8 Å². The molecule has 0 fully saturated rings. The monoisotopic (exact) mass is 294 g/mol. The van der Waals surface area contributed by atoms with E-state index in [9.17, 15) is 0 Å². The minimum Gasteiger partial charge on any atom is -0.378 e. The molecule has 2 nitrogen and oxygen atoms in total. The van der Waals surface area contributed by atoms with Gasteiger partial charge < -0.3 is 23.6 Å². The van der Waals surface area contributed by atoms with Crippen LogP contribution in [0.4, 0.5) is 11.4 Å². The Hall–Kier alpha value is -1.96. The SMILES string of the molecule is [CH2-]C(c1ccc(N(C)C)cc1)C([CH2-])c1ccc(N(C)C)cc1. The van der Waals surface area contributed by atoms with Gasteiger partial charge in [-0.25, -0.2) is 0 Å². The molecule has 0 saturated heterocycles. The normalized spacial score (nSPS) is 13.5. The molecule has 0 heterocycles. The Morgan fingerprint density at radius 2 is 0.864 bits per heavy atom. The zero-order chi connectivity index (χ0) is 16.3. The van der Waals surface area contributed by atoms with Crippen LogP contribution in [0, 0.1) is 13.8 Å². The van der Waals surface area contributed by atoms with Crippen LogP contribution in [0.15, 0.2) is 48.5 Å². The van der Waals surface area contributed by atoms with Crippen molar-refractivity contribution in [2.45, 2.75) is 11.8 Å². The number of benzene rings is 2. The summed E-state index contributed by atoms with van der Waals surface area (Å²) < 4.78 is 0. The van der Waals surface area contributed by atoms with Gasteiger partial charge in [0.1, 0.15) is 0 Å². The van der Waals surface area contributed by atoms with Crippen LogP contribution in [0.5, 0.6) is 0 Å². The standard InChI is InChI=1S/C20H26N2/c1-15(17-7-11-19(12-8-17)21(3)4)16(2)18-9-13-20(14-10-18)22(5)6/h7-16H,1-2H2,3-6H3/q-2. The van der Waals surface area contributed by atoms with Crippen LogP contribution in [-0.2, 0) is 0 Å². The van der Waals surface area contributed by atoms with Crippen LogP contribution in [0.1, 0.15) is 23.0 Å². The summed E-state index contributed by atoms with van der Waals surface area (Å²) in [7, 11) is 8.20. The Morgan fingerprint density at radius 3 is 1.09 bits per heavy atom. The minimum atomic E-state index is 0.140. The van der Waals surface area contributed by atoms with Crippen molar-refractivity contribution >= 4 is 11.4 Å². The van der Waals surface area contributed by atoms with Gasteiger partial charge in [0.2, 0.25) is 0 Å². The number of anilines is 2. The summed E-state index contributed by atoms with van der Waals surface area (Å²) in [6.45, 7) is 8.66. The van der Waals surface area contributed by atoms with E-state index in [0.717, 1.165) is 0 Å². The Labute approximate surface area is 135 Å². The van der Waals surface area contributed by atoms with Crippen molar-refractivity contribution in [3.8, 4) is 0 Å². The third kappa shape index (κ3) is 3.62. The molecule has 0 bridgehead atoms. The number of hydrogen-bond donors (Lipinski definition) is 0. The van der Waals surface area contributed by atoms with Crippen molar-refractivity contribution in [1.82, 2.24) is 0 Å². The first kappa shape index (κ1) is 16.4. The summed E-state index contributed by atoms with van der Waals surface area (Å²) in [4.78, 5) is 4.20. The number of rotatable bonds is 5. The van der Waals surface area contributed by atoms with Crippen molar-refractivity contribution in [2.75, 3.05) is 38.0 Å². The molecular weight excluding hydrogens is 268 g/mol. The summed E-state index contributed by atoms with van der Waals surface area (Å²) in [5.41, 5.74) is 4.85. The Balaban J connectivity index is 2.15. The van der Waals surface area contributed by atoms with Crippen molar-refractivity contribution in [3.63, 3.8) is 0 Å². The molecule has 0 N–H and O–H groups in total. The molecule has 22 heavy (non-hydrogen) atoms. The predicted molar refractivity (Wildman–Crippen MR) is 97.7 cm³/mol. The summed E-state index contributed by atoms with van der Waals surface area (Å²) in [5, 5.41) is 0. The predicted octanol–water partition coefficient (Wildman–Crippen LogP) is 4.35. The zero-order valence-electron chi connectivity index (χ0n) is 14.1. The smallest absolute Gasteiger partial charge is 0.0361 e. The van der Waals surface area contributed by atoms with Crippen molar-refractivity contribution in [1.29, 1.82) is 0 Å². The number of hydrogen-bond acceptors (Lipinski definition) is 2. The van der Waals surface area contributed by atoms with Crippen molar-refractivity contribution < 1.29 is 0 Å². The van der Waals surface area contributed by atoms with Crippen LogP contribution >= 0.6 is 0 Å². The molecule has 0 aliphatic carbocycles. The highest BCUT2D eigenvalue weighted by Crippen LogP contribution is 2.33. The third-order valence-corrected chi connectivity index (χ3v) is 4.16. The molecule has 0 saturated carbocycles. The van der Waals surface area contributed by atoms with Gasteiger partial charge >= 0.3 is 0 Å². The fourth-order valence-corrected chi connectivity index (χ4v) is 2.50. The maximum Gasteiger partial charge on any atom is 0.0361 e. The van der Waals surface area contributed by atoms with Gasteiger partial charge in [-0.15, -0.1) is 0 Å². The topological polar surface area (TPSA) is 6.48 Å². The lowest BCUT2D eigenvalue weighted by Crippen LogP contribution is -2.10. The van der Waals surface area contributed by atoms with Gasteiger partial charge in [-0.3, -0.25) is 0 Å². The lowest BCUT2D eigenvalue weighted by molar-refractivity contribution is 0.731. The first-order valence-corrected chi connectivity index (χ1v) is 7.61. The second-order valence-electron chi connectivity index (χ2n) is 6.18. The van der Waals surface area contributed by atoms with Crippen molar-refractivity contribution in [3.05, 3.63) is 73.5 Å². The highest BCUT2D eigenvalue weighted by molar-refractivity contribution is 5.49. The Bertz CT molecular complexity index is 527. The quantitative estimate of drug-likeness (QED) is 0.756. The fraction of sp³-hybridized carbons (Fsp3) is 0.300. The van der Waals surface area contributed by atoms with E-state index in [1.807, 2.05) is 28.2 Å². The molecule has 2 aromatic carbocycles. The maximum absolute atomic E-state index is 4.33. The van der Waals surface area contributed by atoms with Gasteiger partial charge in [-0.2, -0.15) is 11.8 Å². The van der Waals surface area contributed by atoms with Crippen LogP contribution in [0.25, 0.3) is 0 Å². The second-order valence-corrected chi connectivity index (χ2v) is 6.18. The van der Waals surface area contributed by atoms with Gasteiger partial charge in [-0.05, 0) is 24.3 Å². The van der Waals surface area contributed by atoms with E-state index in [1.54, 1.807) is 0 Å². The highest BCUT2D eigenvalue weighted by atomic mass is 15.1. The highest BCUT2D eigenvalue weighted by Gasteiger charge is 2.07. The molecule has 0 amide bonds. The molecule has 0 spiro atoms. The van der Waals surface area contributed by atoms with Crippen LogP contribution in [0.2, 0.25) is 0 Å². The lowest BCUT2D eigenvalue weighted by atomic mass is 9.84. The van der Waals surface area contributed by atoms with Crippen LogP contribution < -0.4 is 9.80 Å². The van der Waals surface area contributed by atoms with Gasteiger partial charge in [0.15, 0.2) is 0 Å². The lowest BCUT2D eigenvalue weighted by Gasteiger charge is -2.33. The first-order valence-electron chi connectivity index (χ1n) is 7.61. The molecule has 2 aromatic rings. The third-order valence-electron chi connectivity index (χ3n) is 4.16. The zero-order valence-corrected chi connectivity index (χ0v) is 14.1. The average molecular weight is 294 g/mol. The maximum atomic E-state index is 4.33. The van der Waals surface area contributed by atoms with Gasteiger partial charge in [0.05, 0.1) is 0 Å².